The second-order valence-corrected chi connectivity index (χ2v) is 7.10. The Morgan fingerprint density at radius 2 is 2.12 bits per heavy atom. The molecule has 3 N–H and O–H groups in total. The first-order valence-electron chi connectivity index (χ1n) is 9.07. The lowest BCUT2D eigenvalue weighted by Gasteiger charge is -2.25. The normalized spacial score (nSPS) is 21.5. The molecular formula is C18H27N7O. The Balaban J connectivity index is 1.59. The first-order valence-corrected chi connectivity index (χ1v) is 9.07. The summed E-state index contributed by atoms with van der Waals surface area (Å²) in [4.78, 5) is 18.9. The van der Waals surface area contributed by atoms with Crippen molar-refractivity contribution in [3.8, 4) is 0 Å². The van der Waals surface area contributed by atoms with E-state index >= 15 is 0 Å². The maximum atomic E-state index is 12.5. The van der Waals surface area contributed by atoms with Crippen LogP contribution in [0.15, 0.2) is 30.6 Å². The summed E-state index contributed by atoms with van der Waals surface area (Å²) in [6.07, 6.45) is 7.43. The fourth-order valence-corrected chi connectivity index (χ4v) is 3.33. The summed E-state index contributed by atoms with van der Waals surface area (Å²) in [5.74, 6) is -0.216. The van der Waals surface area contributed by atoms with Gasteiger partial charge in [-0.25, -0.2) is 4.68 Å². The van der Waals surface area contributed by atoms with Crippen molar-refractivity contribution in [1.82, 2.24) is 30.2 Å². The topological polar surface area (TPSA) is 102 Å². The summed E-state index contributed by atoms with van der Waals surface area (Å²) >= 11 is 0. The van der Waals surface area contributed by atoms with Gasteiger partial charge in [-0.1, -0.05) is 11.3 Å². The van der Waals surface area contributed by atoms with Crippen molar-refractivity contribution in [2.24, 2.45) is 5.73 Å². The number of carbonyl (C=O) groups is 1. The average Bonchev–Trinajstić information content (AvgIpc) is 3.13. The van der Waals surface area contributed by atoms with Gasteiger partial charge in [0.1, 0.15) is 0 Å². The van der Waals surface area contributed by atoms with Crippen molar-refractivity contribution < 1.29 is 4.79 Å². The summed E-state index contributed by atoms with van der Waals surface area (Å²) in [5, 5.41) is 11.1. The molecule has 0 bridgehead atoms. The summed E-state index contributed by atoms with van der Waals surface area (Å²) in [6, 6.07) is 6.35. The molecule has 1 fully saturated rings. The fourth-order valence-electron chi connectivity index (χ4n) is 3.33. The third-order valence-corrected chi connectivity index (χ3v) is 4.97. The van der Waals surface area contributed by atoms with E-state index in [2.05, 4.69) is 20.6 Å². The highest BCUT2D eigenvalue weighted by Gasteiger charge is 2.23. The number of nitrogens with two attached hydrogens (primary N) is 1. The van der Waals surface area contributed by atoms with Gasteiger partial charge in [0, 0.05) is 18.8 Å². The first-order chi connectivity index (χ1) is 12.5. The third-order valence-electron chi connectivity index (χ3n) is 4.97. The molecule has 0 radical (unpaired) electrons. The van der Waals surface area contributed by atoms with Gasteiger partial charge in [-0.05, 0) is 51.9 Å². The van der Waals surface area contributed by atoms with E-state index < -0.39 is 0 Å². The second-order valence-electron chi connectivity index (χ2n) is 7.10. The van der Waals surface area contributed by atoms with Crippen molar-refractivity contribution >= 4 is 5.91 Å². The van der Waals surface area contributed by atoms with Gasteiger partial charge >= 0.3 is 0 Å². The van der Waals surface area contributed by atoms with Crippen LogP contribution in [0.2, 0.25) is 0 Å². The average molecular weight is 357 g/mol. The molecule has 0 saturated heterocycles. The smallest absolute Gasteiger partial charge is 0.273 e. The van der Waals surface area contributed by atoms with Gasteiger partial charge in [-0.2, -0.15) is 0 Å². The van der Waals surface area contributed by atoms with E-state index in [-0.39, 0.29) is 24.0 Å². The van der Waals surface area contributed by atoms with Crippen LogP contribution in [0.3, 0.4) is 0 Å². The van der Waals surface area contributed by atoms with Crippen LogP contribution < -0.4 is 11.1 Å². The number of hydrogen-bond acceptors (Lipinski definition) is 6. The number of hydrogen-bond donors (Lipinski definition) is 2. The maximum absolute atomic E-state index is 12.5. The Kier molecular flexibility index (Phi) is 5.95. The van der Waals surface area contributed by atoms with Gasteiger partial charge in [-0.3, -0.25) is 14.7 Å². The Labute approximate surface area is 153 Å². The highest BCUT2D eigenvalue weighted by molar-refractivity contribution is 5.91. The zero-order valence-electron chi connectivity index (χ0n) is 15.4. The monoisotopic (exact) mass is 357 g/mol. The van der Waals surface area contributed by atoms with Crippen molar-refractivity contribution in [1.29, 1.82) is 0 Å². The molecule has 1 aliphatic carbocycles. The minimum atomic E-state index is -0.216. The molecule has 0 aromatic carbocycles. The molecule has 2 aromatic rings. The molecular weight excluding hydrogens is 330 g/mol. The Bertz CT molecular complexity index is 707. The van der Waals surface area contributed by atoms with Crippen molar-refractivity contribution in [3.63, 3.8) is 0 Å². The lowest BCUT2D eigenvalue weighted by atomic mass is 9.92. The zero-order chi connectivity index (χ0) is 18.5. The third kappa shape index (κ3) is 4.44. The van der Waals surface area contributed by atoms with Crippen LogP contribution in [-0.2, 0) is 0 Å². The molecule has 1 atom stereocenters. The largest absolute Gasteiger partial charge is 0.349 e. The summed E-state index contributed by atoms with van der Waals surface area (Å²) < 4.78 is 1.81. The summed E-state index contributed by atoms with van der Waals surface area (Å²) in [7, 11) is 3.94. The standard InChI is InChI=1S/C18H27N7O/c1-24(2)17(15-5-3-4-10-20-15)11-21-18(26)16-12-25(23-22-16)14-8-6-13(19)7-9-14/h3-5,10,12-14,17H,6-9,11,19H2,1-2H3,(H,21,26)/t13?,14?,17-/m1/s1. The number of nitrogens with zero attached hydrogens (tertiary/aromatic N) is 5. The Hall–Kier alpha value is -2.32. The van der Waals surface area contributed by atoms with Crippen LogP contribution in [0.4, 0.5) is 0 Å². The lowest BCUT2D eigenvalue weighted by Crippen LogP contribution is -2.35. The minimum absolute atomic E-state index is 0.00460. The number of carbonyl (C=O) groups excluding carboxylic acids is 1. The van der Waals surface area contributed by atoms with Gasteiger partial charge in [0.2, 0.25) is 0 Å². The maximum Gasteiger partial charge on any atom is 0.273 e. The Morgan fingerprint density at radius 3 is 2.77 bits per heavy atom. The molecule has 1 amide bonds. The van der Waals surface area contributed by atoms with Gasteiger partial charge in [0.05, 0.1) is 24.0 Å². The summed E-state index contributed by atoms with van der Waals surface area (Å²) in [6.45, 7) is 0.452. The number of likely N-dealkylation sites (N-methyl/N-ethyl adjacent to an activating group) is 1. The van der Waals surface area contributed by atoms with Crippen LogP contribution in [0, 0.1) is 0 Å². The molecule has 8 nitrogen and oxygen atoms in total. The Morgan fingerprint density at radius 1 is 1.35 bits per heavy atom. The highest BCUT2D eigenvalue weighted by Crippen LogP contribution is 2.26. The second kappa shape index (κ2) is 8.37. The number of amides is 1. The van der Waals surface area contributed by atoms with Gasteiger partial charge in [0.25, 0.3) is 5.91 Å². The van der Waals surface area contributed by atoms with Crippen molar-refractivity contribution in [2.75, 3.05) is 20.6 Å². The lowest BCUT2D eigenvalue weighted by molar-refractivity contribution is 0.0936. The number of aromatic nitrogens is 4. The van der Waals surface area contributed by atoms with Crippen molar-refractivity contribution in [3.05, 3.63) is 42.0 Å². The predicted octanol–water partition coefficient (Wildman–Crippen LogP) is 1.15. The molecule has 26 heavy (non-hydrogen) atoms. The SMILES string of the molecule is CN(C)[C@H](CNC(=O)c1cn(C2CCC(N)CC2)nn1)c1ccccn1. The van der Waals surface area contributed by atoms with Gasteiger partial charge < -0.3 is 11.1 Å². The van der Waals surface area contributed by atoms with Crippen LogP contribution in [-0.4, -0.2) is 57.5 Å². The molecule has 2 heterocycles. The van der Waals surface area contributed by atoms with E-state index in [4.69, 9.17) is 5.73 Å². The van der Waals surface area contributed by atoms with Gasteiger partial charge in [0.15, 0.2) is 5.69 Å². The number of rotatable bonds is 6. The quantitative estimate of drug-likeness (QED) is 0.804. The molecule has 0 spiro atoms. The van der Waals surface area contributed by atoms with E-state index in [1.54, 1.807) is 12.4 Å². The predicted molar refractivity (Wildman–Crippen MR) is 98.5 cm³/mol. The van der Waals surface area contributed by atoms with E-state index in [1.165, 1.54) is 0 Å². The number of pyridine rings is 1. The summed E-state index contributed by atoms with van der Waals surface area (Å²) in [5.41, 5.74) is 7.21. The van der Waals surface area contributed by atoms with Crippen LogP contribution in [0.25, 0.3) is 0 Å². The van der Waals surface area contributed by atoms with Crippen LogP contribution in [0.5, 0.6) is 0 Å². The molecule has 8 heteroatoms. The molecule has 140 valence electrons. The molecule has 0 unspecified atom stereocenters. The first kappa shape index (κ1) is 18.5. The van der Waals surface area contributed by atoms with Crippen LogP contribution >= 0.6 is 0 Å². The number of nitrogens with one attached hydrogen (secondary N) is 1. The van der Waals surface area contributed by atoms with Gasteiger partial charge in [-0.15, -0.1) is 5.10 Å². The van der Waals surface area contributed by atoms with Crippen molar-refractivity contribution in [2.45, 2.75) is 43.8 Å². The molecule has 1 saturated carbocycles. The zero-order valence-corrected chi connectivity index (χ0v) is 15.4. The van der Waals surface area contributed by atoms with Crippen LogP contribution in [0.1, 0.15) is 53.9 Å². The molecule has 0 aliphatic heterocycles. The minimum Gasteiger partial charge on any atom is -0.349 e. The molecule has 1 aliphatic rings. The highest BCUT2D eigenvalue weighted by atomic mass is 16.2. The van der Waals surface area contributed by atoms with E-state index in [1.807, 2.05) is 41.9 Å². The van der Waals surface area contributed by atoms with E-state index in [9.17, 15) is 4.79 Å². The van der Waals surface area contributed by atoms with E-state index in [0.717, 1.165) is 31.4 Å². The fraction of sp³-hybridized carbons (Fsp3) is 0.556. The molecule has 2 aromatic heterocycles. The molecule has 3 rings (SSSR count). The van der Waals surface area contributed by atoms with E-state index in [0.29, 0.717) is 12.2 Å².